The fourth-order valence-electron chi connectivity index (χ4n) is 4.14. The number of likely N-dealkylation sites (tertiary alicyclic amines) is 1. The van der Waals surface area contributed by atoms with Gasteiger partial charge in [0, 0.05) is 45.1 Å². The standard InChI is InChI=1S/C23H29N5O2/c1-26(14-15-30-2)23(29)21-22-24-11-8-20(28(22)17-25-21)19-9-12-27(13-10-19)16-18-6-4-3-5-7-18/h3-8,11,17,19H,9-10,12-16H2,1-2H3. The molecule has 0 aliphatic carbocycles. The minimum absolute atomic E-state index is 0.128. The lowest BCUT2D eigenvalue weighted by Crippen LogP contribution is -2.33. The molecule has 1 aromatic carbocycles. The number of piperidine rings is 1. The van der Waals surface area contributed by atoms with Gasteiger partial charge in [0.05, 0.1) is 6.61 Å². The van der Waals surface area contributed by atoms with Gasteiger partial charge in [-0.05, 0) is 37.6 Å². The zero-order valence-corrected chi connectivity index (χ0v) is 17.7. The normalized spacial score (nSPS) is 15.5. The summed E-state index contributed by atoms with van der Waals surface area (Å²) in [6, 6.07) is 12.7. The molecule has 1 saturated heterocycles. The highest BCUT2D eigenvalue weighted by atomic mass is 16.5. The van der Waals surface area contributed by atoms with E-state index in [0.717, 1.165) is 32.5 Å². The molecule has 7 heteroatoms. The number of ether oxygens (including phenoxy) is 1. The molecule has 1 aliphatic rings. The number of imidazole rings is 1. The molecule has 0 saturated carbocycles. The summed E-state index contributed by atoms with van der Waals surface area (Å²) in [6.07, 6.45) is 5.71. The number of methoxy groups -OCH3 is 1. The number of nitrogens with zero attached hydrogens (tertiary/aromatic N) is 5. The van der Waals surface area contributed by atoms with Gasteiger partial charge in [0.15, 0.2) is 11.3 Å². The van der Waals surface area contributed by atoms with E-state index in [2.05, 4.69) is 51.3 Å². The Morgan fingerprint density at radius 1 is 1.17 bits per heavy atom. The van der Waals surface area contributed by atoms with Gasteiger partial charge in [0.2, 0.25) is 0 Å². The first-order valence-electron chi connectivity index (χ1n) is 10.5. The summed E-state index contributed by atoms with van der Waals surface area (Å²) >= 11 is 0. The van der Waals surface area contributed by atoms with E-state index in [1.54, 1.807) is 31.6 Å². The van der Waals surface area contributed by atoms with E-state index < -0.39 is 0 Å². The molecule has 4 rings (SSSR count). The summed E-state index contributed by atoms with van der Waals surface area (Å²) in [4.78, 5) is 25.8. The first-order chi connectivity index (χ1) is 14.7. The van der Waals surface area contributed by atoms with Crippen molar-refractivity contribution >= 4 is 11.6 Å². The van der Waals surface area contributed by atoms with Crippen molar-refractivity contribution in [1.29, 1.82) is 0 Å². The first kappa shape index (κ1) is 20.5. The number of carbonyl (C=O) groups excluding carboxylic acids is 1. The molecule has 1 fully saturated rings. The number of hydrogen-bond acceptors (Lipinski definition) is 5. The Morgan fingerprint density at radius 2 is 1.93 bits per heavy atom. The van der Waals surface area contributed by atoms with Crippen molar-refractivity contribution < 1.29 is 9.53 Å². The second kappa shape index (κ2) is 9.36. The zero-order chi connectivity index (χ0) is 20.9. The number of benzene rings is 1. The number of carbonyl (C=O) groups is 1. The van der Waals surface area contributed by atoms with Crippen LogP contribution < -0.4 is 0 Å². The summed E-state index contributed by atoms with van der Waals surface area (Å²) in [7, 11) is 3.39. The van der Waals surface area contributed by atoms with Crippen LogP contribution in [-0.2, 0) is 11.3 Å². The summed E-state index contributed by atoms with van der Waals surface area (Å²) in [6.45, 7) is 4.13. The first-order valence-corrected chi connectivity index (χ1v) is 10.5. The number of amides is 1. The number of hydrogen-bond donors (Lipinski definition) is 0. The van der Waals surface area contributed by atoms with Gasteiger partial charge in [-0.25, -0.2) is 9.97 Å². The van der Waals surface area contributed by atoms with Crippen LogP contribution in [0.2, 0.25) is 0 Å². The lowest BCUT2D eigenvalue weighted by atomic mass is 9.93. The molecule has 158 valence electrons. The Bertz CT molecular complexity index is 980. The minimum atomic E-state index is -0.128. The predicted molar refractivity (Wildman–Crippen MR) is 116 cm³/mol. The van der Waals surface area contributed by atoms with Gasteiger partial charge >= 0.3 is 0 Å². The summed E-state index contributed by atoms with van der Waals surface area (Å²) in [5.74, 6) is 0.308. The van der Waals surface area contributed by atoms with Crippen LogP contribution in [-0.4, -0.2) is 70.5 Å². The molecule has 0 bridgehead atoms. The molecule has 30 heavy (non-hydrogen) atoms. The predicted octanol–water partition coefficient (Wildman–Crippen LogP) is 2.83. The van der Waals surface area contributed by atoms with Gasteiger partial charge in [0.1, 0.15) is 6.33 Å². The topological polar surface area (TPSA) is 63.0 Å². The third-order valence-corrected chi connectivity index (χ3v) is 5.90. The van der Waals surface area contributed by atoms with Crippen LogP contribution in [0.15, 0.2) is 48.9 Å². The third-order valence-electron chi connectivity index (χ3n) is 5.90. The van der Waals surface area contributed by atoms with Gasteiger partial charge in [-0.2, -0.15) is 0 Å². The molecule has 0 N–H and O–H groups in total. The maximum atomic E-state index is 12.8. The van der Waals surface area contributed by atoms with Crippen LogP contribution in [0, 0.1) is 0 Å². The SMILES string of the molecule is COCCN(C)C(=O)c1ncn2c(C3CCN(Cc4ccccc4)CC3)ccnc12. The van der Waals surface area contributed by atoms with Crippen LogP contribution in [0.25, 0.3) is 5.65 Å². The monoisotopic (exact) mass is 407 g/mol. The van der Waals surface area contributed by atoms with E-state index in [0.29, 0.717) is 30.4 Å². The number of aromatic nitrogens is 3. The van der Waals surface area contributed by atoms with E-state index in [1.165, 1.54) is 11.3 Å². The maximum absolute atomic E-state index is 12.8. The van der Waals surface area contributed by atoms with Gasteiger partial charge in [0.25, 0.3) is 5.91 Å². The van der Waals surface area contributed by atoms with Crippen molar-refractivity contribution in [2.45, 2.75) is 25.3 Å². The molecule has 0 spiro atoms. The number of rotatable bonds is 7. The van der Waals surface area contributed by atoms with Crippen molar-refractivity contribution in [3.8, 4) is 0 Å². The lowest BCUT2D eigenvalue weighted by molar-refractivity contribution is 0.0741. The van der Waals surface area contributed by atoms with Crippen LogP contribution in [0.4, 0.5) is 0 Å². The van der Waals surface area contributed by atoms with Crippen LogP contribution in [0.3, 0.4) is 0 Å². The quantitative estimate of drug-likeness (QED) is 0.603. The Morgan fingerprint density at radius 3 is 2.67 bits per heavy atom. The molecule has 1 aliphatic heterocycles. The lowest BCUT2D eigenvalue weighted by Gasteiger charge is -2.32. The van der Waals surface area contributed by atoms with Gasteiger partial charge < -0.3 is 9.64 Å². The van der Waals surface area contributed by atoms with Crippen molar-refractivity contribution in [1.82, 2.24) is 24.2 Å². The van der Waals surface area contributed by atoms with E-state index in [-0.39, 0.29) is 5.91 Å². The second-order valence-electron chi connectivity index (χ2n) is 7.91. The summed E-state index contributed by atoms with van der Waals surface area (Å²) < 4.78 is 7.07. The summed E-state index contributed by atoms with van der Waals surface area (Å²) in [5, 5.41) is 0. The van der Waals surface area contributed by atoms with Crippen LogP contribution in [0.1, 0.15) is 40.5 Å². The molecular weight excluding hydrogens is 378 g/mol. The molecule has 3 aromatic rings. The van der Waals surface area contributed by atoms with E-state index in [1.807, 2.05) is 4.40 Å². The smallest absolute Gasteiger partial charge is 0.276 e. The number of likely N-dealkylation sites (N-methyl/N-ethyl adjacent to an activating group) is 1. The average Bonchev–Trinajstić information content (AvgIpc) is 3.22. The van der Waals surface area contributed by atoms with Gasteiger partial charge in [-0.15, -0.1) is 0 Å². The molecular formula is C23H29N5O2. The third kappa shape index (κ3) is 4.37. The summed E-state index contributed by atoms with van der Waals surface area (Å²) in [5.41, 5.74) is 3.58. The fraction of sp³-hybridized carbons (Fsp3) is 0.435. The molecule has 0 unspecified atom stereocenters. The highest BCUT2D eigenvalue weighted by Gasteiger charge is 2.25. The molecule has 2 aromatic heterocycles. The van der Waals surface area contributed by atoms with Crippen molar-refractivity contribution in [3.05, 3.63) is 65.9 Å². The Hall–Kier alpha value is -2.77. The van der Waals surface area contributed by atoms with Crippen LogP contribution in [0.5, 0.6) is 0 Å². The minimum Gasteiger partial charge on any atom is -0.383 e. The van der Waals surface area contributed by atoms with Crippen molar-refractivity contribution in [2.75, 3.05) is 40.4 Å². The molecule has 1 amide bonds. The average molecular weight is 408 g/mol. The van der Waals surface area contributed by atoms with Gasteiger partial charge in [-0.3, -0.25) is 14.1 Å². The molecule has 7 nitrogen and oxygen atoms in total. The highest BCUT2D eigenvalue weighted by molar-refractivity contribution is 5.97. The maximum Gasteiger partial charge on any atom is 0.276 e. The Balaban J connectivity index is 1.46. The largest absolute Gasteiger partial charge is 0.383 e. The van der Waals surface area contributed by atoms with E-state index in [4.69, 9.17) is 4.74 Å². The van der Waals surface area contributed by atoms with Crippen LogP contribution >= 0.6 is 0 Å². The fourth-order valence-corrected chi connectivity index (χ4v) is 4.14. The van der Waals surface area contributed by atoms with E-state index in [9.17, 15) is 4.79 Å². The number of fused-ring (bicyclic) bond motifs is 1. The van der Waals surface area contributed by atoms with E-state index >= 15 is 0 Å². The van der Waals surface area contributed by atoms with Crippen molar-refractivity contribution in [3.63, 3.8) is 0 Å². The molecule has 0 radical (unpaired) electrons. The Kier molecular flexibility index (Phi) is 6.40. The van der Waals surface area contributed by atoms with Crippen molar-refractivity contribution in [2.24, 2.45) is 0 Å². The molecule has 3 heterocycles. The highest BCUT2D eigenvalue weighted by Crippen LogP contribution is 2.29. The van der Waals surface area contributed by atoms with Gasteiger partial charge in [-0.1, -0.05) is 30.3 Å². The Labute approximate surface area is 177 Å². The molecule has 0 atom stereocenters. The second-order valence-corrected chi connectivity index (χ2v) is 7.91. The zero-order valence-electron chi connectivity index (χ0n) is 17.7.